The topological polar surface area (TPSA) is 24.1 Å². The molecule has 0 amide bonds. The fourth-order valence-corrected chi connectivity index (χ4v) is 6.78. The monoisotopic (exact) mass is 388 g/mol. The maximum Gasteiger partial charge on any atom is 0.0210 e. The van der Waals surface area contributed by atoms with Crippen molar-refractivity contribution in [3.8, 4) is 0 Å². The highest BCUT2D eigenvalue weighted by molar-refractivity contribution is 5.25. The summed E-state index contributed by atoms with van der Waals surface area (Å²) >= 11 is 0. The molecule has 0 aromatic heterocycles. The van der Waals surface area contributed by atoms with Crippen LogP contribution in [0.5, 0.6) is 0 Å². The lowest BCUT2D eigenvalue weighted by Gasteiger charge is -2.57. The van der Waals surface area contributed by atoms with Crippen LogP contribution < -0.4 is 10.6 Å². The summed E-state index contributed by atoms with van der Waals surface area (Å²) in [6.07, 6.45) is 9.94. The highest BCUT2D eigenvalue weighted by atomic mass is 15.0. The Morgan fingerprint density at radius 3 is 1.76 bits per heavy atom. The first-order valence-electron chi connectivity index (χ1n) is 11.8. The molecule has 2 heteroatoms. The summed E-state index contributed by atoms with van der Waals surface area (Å²) in [5.41, 5.74) is 6.08. The first-order valence-corrected chi connectivity index (χ1v) is 11.8. The van der Waals surface area contributed by atoms with Crippen LogP contribution in [-0.2, 0) is 26.1 Å². The molecule has 0 spiro atoms. The van der Waals surface area contributed by atoms with Crippen LogP contribution in [0.3, 0.4) is 0 Å². The van der Waals surface area contributed by atoms with E-state index in [4.69, 9.17) is 0 Å². The van der Waals surface area contributed by atoms with Gasteiger partial charge in [-0.15, -0.1) is 0 Å². The molecule has 0 atom stereocenters. The molecule has 0 heterocycles. The van der Waals surface area contributed by atoms with Gasteiger partial charge in [0.15, 0.2) is 0 Å². The van der Waals surface area contributed by atoms with E-state index in [1.54, 1.807) is 0 Å². The zero-order chi connectivity index (χ0) is 19.7. The largest absolute Gasteiger partial charge is 0.309 e. The average molecular weight is 389 g/mol. The predicted octanol–water partition coefficient (Wildman–Crippen LogP) is 5.60. The number of benzene rings is 2. The molecule has 2 aromatic carbocycles. The Morgan fingerprint density at radius 2 is 1.21 bits per heavy atom. The number of nitrogens with one attached hydrogen (secondary N) is 2. The lowest BCUT2D eigenvalue weighted by atomic mass is 9.53. The van der Waals surface area contributed by atoms with Gasteiger partial charge in [-0.2, -0.15) is 0 Å². The van der Waals surface area contributed by atoms with Gasteiger partial charge < -0.3 is 10.6 Å². The first kappa shape index (κ1) is 19.3. The summed E-state index contributed by atoms with van der Waals surface area (Å²) in [5, 5.41) is 7.67. The second-order valence-corrected chi connectivity index (χ2v) is 10.1. The molecule has 4 saturated carbocycles. The van der Waals surface area contributed by atoms with Gasteiger partial charge in [0.2, 0.25) is 0 Å². The molecule has 4 aliphatic carbocycles. The lowest BCUT2D eigenvalue weighted by molar-refractivity contribution is -0.0206. The number of rotatable bonds is 8. The molecule has 4 bridgehead atoms. The fourth-order valence-electron chi connectivity index (χ4n) is 6.78. The maximum atomic E-state index is 4.04. The normalized spacial score (nSPS) is 30.0. The fraction of sp³-hybridized carbons (Fsp3) is 0.556. The van der Waals surface area contributed by atoms with E-state index in [9.17, 15) is 0 Å². The van der Waals surface area contributed by atoms with Crippen LogP contribution in [0.1, 0.15) is 67.7 Å². The van der Waals surface area contributed by atoms with Crippen molar-refractivity contribution in [3.05, 3.63) is 70.8 Å². The van der Waals surface area contributed by atoms with E-state index in [-0.39, 0.29) is 0 Å². The van der Waals surface area contributed by atoms with Gasteiger partial charge in [0.05, 0.1) is 0 Å². The van der Waals surface area contributed by atoms with Gasteiger partial charge in [-0.3, -0.25) is 0 Å². The molecule has 0 unspecified atom stereocenters. The Bertz CT molecular complexity index is 805. The predicted molar refractivity (Wildman–Crippen MR) is 121 cm³/mol. The summed E-state index contributed by atoms with van der Waals surface area (Å²) in [5.74, 6) is 3.03. The molecule has 6 rings (SSSR count). The highest BCUT2D eigenvalue weighted by Crippen LogP contribution is 2.55. The molecule has 2 nitrogen and oxygen atoms in total. The summed E-state index contributed by atoms with van der Waals surface area (Å²) in [6.45, 7) is 5.11. The zero-order valence-electron chi connectivity index (χ0n) is 17.9. The van der Waals surface area contributed by atoms with Gasteiger partial charge in [-0.05, 0) is 85.0 Å². The SMILES string of the molecule is CCc1cccc(CNCc2cccc(CN[C@]34CC5C[C@H](C[C@@H](C5)C3)C4)c2)c1. The van der Waals surface area contributed by atoms with Crippen LogP contribution in [0.25, 0.3) is 0 Å². The molecular formula is C27H36N2. The van der Waals surface area contributed by atoms with Crippen LogP contribution in [0.2, 0.25) is 0 Å². The molecular weight excluding hydrogens is 352 g/mol. The number of hydrogen-bond acceptors (Lipinski definition) is 2. The van der Waals surface area contributed by atoms with Crippen LogP contribution in [0.15, 0.2) is 48.5 Å². The van der Waals surface area contributed by atoms with Crippen molar-refractivity contribution in [3.63, 3.8) is 0 Å². The number of aryl methyl sites for hydroxylation is 1. The van der Waals surface area contributed by atoms with E-state index in [2.05, 4.69) is 66.1 Å². The van der Waals surface area contributed by atoms with Gasteiger partial charge in [-0.1, -0.05) is 55.5 Å². The van der Waals surface area contributed by atoms with E-state index in [0.29, 0.717) is 5.54 Å². The quantitative estimate of drug-likeness (QED) is 0.615. The third-order valence-corrected chi connectivity index (χ3v) is 7.76. The molecule has 0 radical (unpaired) electrons. The van der Waals surface area contributed by atoms with Crippen LogP contribution >= 0.6 is 0 Å². The van der Waals surface area contributed by atoms with E-state index in [1.165, 1.54) is 60.8 Å². The summed E-state index contributed by atoms with van der Waals surface area (Å²) in [7, 11) is 0. The Kier molecular flexibility index (Phi) is 5.49. The van der Waals surface area contributed by atoms with Crippen LogP contribution in [-0.4, -0.2) is 5.54 Å². The minimum Gasteiger partial charge on any atom is -0.309 e. The van der Waals surface area contributed by atoms with Crippen molar-refractivity contribution in [1.82, 2.24) is 10.6 Å². The van der Waals surface area contributed by atoms with Crippen molar-refractivity contribution >= 4 is 0 Å². The van der Waals surface area contributed by atoms with E-state index >= 15 is 0 Å². The van der Waals surface area contributed by atoms with Crippen LogP contribution in [0.4, 0.5) is 0 Å². The maximum absolute atomic E-state index is 4.04. The van der Waals surface area contributed by atoms with Crippen molar-refractivity contribution in [2.75, 3.05) is 0 Å². The summed E-state index contributed by atoms with van der Waals surface area (Å²) in [6, 6.07) is 18.1. The van der Waals surface area contributed by atoms with Crippen molar-refractivity contribution < 1.29 is 0 Å². The van der Waals surface area contributed by atoms with Gasteiger partial charge in [0, 0.05) is 25.2 Å². The molecule has 4 fully saturated rings. The smallest absolute Gasteiger partial charge is 0.0210 e. The van der Waals surface area contributed by atoms with Gasteiger partial charge in [-0.25, -0.2) is 0 Å². The molecule has 2 aromatic rings. The minimum atomic E-state index is 0.452. The van der Waals surface area contributed by atoms with Gasteiger partial charge >= 0.3 is 0 Å². The standard InChI is InChI=1S/C27H36N2/c1-2-20-5-3-6-21(9-20)17-28-18-22-7-4-8-23(10-22)19-29-27-14-24-11-25(15-27)13-26(12-24)16-27/h3-10,24-26,28-29H,2,11-19H2,1H3/t24-,25-,26?,27-/m0/s1. The Balaban J connectivity index is 1.15. The third kappa shape index (κ3) is 4.44. The van der Waals surface area contributed by atoms with E-state index in [0.717, 1.165) is 43.8 Å². The Hall–Kier alpha value is -1.64. The second kappa shape index (κ2) is 8.24. The third-order valence-electron chi connectivity index (χ3n) is 7.76. The zero-order valence-corrected chi connectivity index (χ0v) is 17.9. The first-order chi connectivity index (χ1) is 14.2. The summed E-state index contributed by atoms with van der Waals surface area (Å²) in [4.78, 5) is 0. The Labute approximate surface area is 176 Å². The molecule has 154 valence electrons. The summed E-state index contributed by atoms with van der Waals surface area (Å²) < 4.78 is 0. The Morgan fingerprint density at radius 1 is 0.724 bits per heavy atom. The van der Waals surface area contributed by atoms with Crippen LogP contribution in [0, 0.1) is 17.8 Å². The van der Waals surface area contributed by atoms with Crippen molar-refractivity contribution in [2.45, 2.75) is 77.0 Å². The second-order valence-electron chi connectivity index (χ2n) is 10.1. The highest BCUT2D eigenvalue weighted by Gasteiger charge is 2.50. The molecule has 0 saturated heterocycles. The number of hydrogen-bond donors (Lipinski definition) is 2. The van der Waals surface area contributed by atoms with Crippen molar-refractivity contribution in [2.24, 2.45) is 17.8 Å². The van der Waals surface area contributed by atoms with E-state index in [1.807, 2.05) is 0 Å². The molecule has 29 heavy (non-hydrogen) atoms. The average Bonchev–Trinajstić information content (AvgIpc) is 2.72. The van der Waals surface area contributed by atoms with Crippen molar-refractivity contribution in [1.29, 1.82) is 0 Å². The van der Waals surface area contributed by atoms with Gasteiger partial charge in [0.1, 0.15) is 0 Å². The molecule has 2 N–H and O–H groups in total. The molecule has 0 aliphatic heterocycles. The lowest BCUT2D eigenvalue weighted by Crippen LogP contribution is -2.58. The minimum absolute atomic E-state index is 0.452. The van der Waals surface area contributed by atoms with E-state index < -0.39 is 0 Å². The van der Waals surface area contributed by atoms with Gasteiger partial charge in [0.25, 0.3) is 0 Å². The molecule has 4 aliphatic rings.